The maximum absolute atomic E-state index is 13.1. The van der Waals surface area contributed by atoms with Crippen LogP contribution in [0.15, 0.2) is 54.6 Å². The number of ketones is 1. The van der Waals surface area contributed by atoms with Crippen molar-refractivity contribution in [2.45, 2.75) is 63.7 Å². The Bertz CT molecular complexity index is 665. The molecule has 126 valence electrons. The Balaban J connectivity index is 2.02. The number of benzene rings is 2. The number of hydrogen-bond donors (Lipinski definition) is 0. The average molecular weight is 320 g/mol. The third kappa shape index (κ3) is 3.45. The second-order valence-electron chi connectivity index (χ2n) is 7.19. The number of carbonyl (C=O) groups excluding carboxylic acids is 1. The van der Waals surface area contributed by atoms with Gasteiger partial charge in [0.15, 0.2) is 5.78 Å². The first-order valence-electron chi connectivity index (χ1n) is 9.46. The van der Waals surface area contributed by atoms with Crippen molar-refractivity contribution in [3.63, 3.8) is 0 Å². The summed E-state index contributed by atoms with van der Waals surface area (Å²) in [7, 11) is 0. The normalized spacial score (nSPS) is 16.7. The first-order chi connectivity index (χ1) is 11.8. The SMILES string of the molecule is CCCCC1(c2ccccc2C(=O)c2ccccc2)CCCCC1. The van der Waals surface area contributed by atoms with E-state index in [0.29, 0.717) is 0 Å². The van der Waals surface area contributed by atoms with Crippen LogP contribution in [0, 0.1) is 0 Å². The van der Waals surface area contributed by atoms with Crippen molar-refractivity contribution >= 4 is 5.78 Å². The Morgan fingerprint density at radius 2 is 1.58 bits per heavy atom. The first-order valence-corrected chi connectivity index (χ1v) is 9.46. The predicted octanol–water partition coefficient (Wildman–Crippen LogP) is 6.31. The van der Waals surface area contributed by atoms with E-state index in [1.807, 2.05) is 42.5 Å². The molecule has 0 bridgehead atoms. The molecule has 0 saturated heterocycles. The van der Waals surface area contributed by atoms with Gasteiger partial charge in [-0.15, -0.1) is 0 Å². The Hall–Kier alpha value is -1.89. The molecule has 1 nitrogen and oxygen atoms in total. The van der Waals surface area contributed by atoms with Crippen LogP contribution in [0.2, 0.25) is 0 Å². The number of carbonyl (C=O) groups is 1. The van der Waals surface area contributed by atoms with Crippen molar-refractivity contribution in [1.29, 1.82) is 0 Å². The molecule has 0 amide bonds. The van der Waals surface area contributed by atoms with E-state index in [0.717, 1.165) is 11.1 Å². The van der Waals surface area contributed by atoms with Crippen LogP contribution in [0.25, 0.3) is 0 Å². The van der Waals surface area contributed by atoms with Crippen molar-refractivity contribution in [1.82, 2.24) is 0 Å². The van der Waals surface area contributed by atoms with E-state index in [9.17, 15) is 4.79 Å². The summed E-state index contributed by atoms with van der Waals surface area (Å²) in [6.45, 7) is 2.26. The molecule has 24 heavy (non-hydrogen) atoms. The molecule has 1 heteroatoms. The molecule has 0 heterocycles. The van der Waals surface area contributed by atoms with E-state index in [1.54, 1.807) is 0 Å². The molecule has 0 radical (unpaired) electrons. The third-order valence-electron chi connectivity index (χ3n) is 5.60. The summed E-state index contributed by atoms with van der Waals surface area (Å²) < 4.78 is 0. The van der Waals surface area contributed by atoms with Crippen molar-refractivity contribution in [3.05, 3.63) is 71.3 Å². The zero-order valence-corrected chi connectivity index (χ0v) is 14.8. The van der Waals surface area contributed by atoms with E-state index < -0.39 is 0 Å². The van der Waals surface area contributed by atoms with Gasteiger partial charge < -0.3 is 0 Å². The highest BCUT2D eigenvalue weighted by atomic mass is 16.1. The quantitative estimate of drug-likeness (QED) is 0.570. The van der Waals surface area contributed by atoms with Crippen LogP contribution >= 0.6 is 0 Å². The molecule has 1 saturated carbocycles. The lowest BCUT2D eigenvalue weighted by molar-refractivity contribution is 0.103. The molecule has 1 fully saturated rings. The van der Waals surface area contributed by atoms with E-state index in [2.05, 4.69) is 19.1 Å². The molecule has 0 aromatic heterocycles. The van der Waals surface area contributed by atoms with E-state index in [-0.39, 0.29) is 11.2 Å². The fraction of sp³-hybridized carbons (Fsp3) is 0.435. The van der Waals surface area contributed by atoms with Gasteiger partial charge in [-0.1, -0.05) is 93.6 Å². The monoisotopic (exact) mass is 320 g/mol. The predicted molar refractivity (Wildman–Crippen MR) is 101 cm³/mol. The summed E-state index contributed by atoms with van der Waals surface area (Å²) >= 11 is 0. The van der Waals surface area contributed by atoms with Gasteiger partial charge in [-0.2, -0.15) is 0 Å². The van der Waals surface area contributed by atoms with Crippen LogP contribution in [0.4, 0.5) is 0 Å². The van der Waals surface area contributed by atoms with Crippen LogP contribution in [-0.2, 0) is 5.41 Å². The molecular formula is C23H28O. The average Bonchev–Trinajstić information content (AvgIpc) is 2.67. The second kappa shape index (κ2) is 7.79. The second-order valence-corrected chi connectivity index (χ2v) is 7.19. The molecule has 0 aliphatic heterocycles. The van der Waals surface area contributed by atoms with Crippen LogP contribution in [0.5, 0.6) is 0 Å². The van der Waals surface area contributed by atoms with Crippen molar-refractivity contribution in [3.8, 4) is 0 Å². The highest BCUT2D eigenvalue weighted by molar-refractivity contribution is 6.10. The van der Waals surface area contributed by atoms with E-state index in [1.165, 1.54) is 56.9 Å². The van der Waals surface area contributed by atoms with Gasteiger partial charge in [0.1, 0.15) is 0 Å². The van der Waals surface area contributed by atoms with Crippen molar-refractivity contribution in [2.24, 2.45) is 0 Å². The lowest BCUT2D eigenvalue weighted by atomic mass is 9.65. The topological polar surface area (TPSA) is 17.1 Å². The Labute approximate surface area is 146 Å². The molecule has 0 N–H and O–H groups in total. The Morgan fingerprint density at radius 1 is 0.917 bits per heavy atom. The number of rotatable bonds is 6. The third-order valence-corrected chi connectivity index (χ3v) is 5.60. The van der Waals surface area contributed by atoms with Gasteiger partial charge in [0.2, 0.25) is 0 Å². The molecule has 2 aromatic carbocycles. The highest BCUT2D eigenvalue weighted by Gasteiger charge is 2.35. The summed E-state index contributed by atoms with van der Waals surface area (Å²) in [5.41, 5.74) is 3.22. The number of unbranched alkanes of at least 4 members (excludes halogenated alkanes) is 1. The maximum atomic E-state index is 13.1. The highest BCUT2D eigenvalue weighted by Crippen LogP contribution is 2.44. The van der Waals surface area contributed by atoms with Crippen LogP contribution < -0.4 is 0 Å². The maximum Gasteiger partial charge on any atom is 0.193 e. The number of hydrogen-bond acceptors (Lipinski definition) is 1. The molecule has 0 spiro atoms. The summed E-state index contributed by atoms with van der Waals surface area (Å²) in [5, 5.41) is 0. The Morgan fingerprint density at radius 3 is 2.29 bits per heavy atom. The smallest absolute Gasteiger partial charge is 0.193 e. The minimum absolute atomic E-state index is 0.174. The van der Waals surface area contributed by atoms with Gasteiger partial charge in [0.05, 0.1) is 0 Å². The molecule has 1 aliphatic carbocycles. The lowest BCUT2D eigenvalue weighted by Gasteiger charge is -2.39. The van der Waals surface area contributed by atoms with Gasteiger partial charge >= 0.3 is 0 Å². The zero-order chi connectivity index (χ0) is 16.8. The summed E-state index contributed by atoms with van der Waals surface area (Å²) in [6.07, 6.45) is 10.0. The molecule has 3 rings (SSSR count). The van der Waals surface area contributed by atoms with Crippen LogP contribution in [-0.4, -0.2) is 5.78 Å². The van der Waals surface area contributed by atoms with Gasteiger partial charge in [-0.05, 0) is 30.2 Å². The van der Waals surface area contributed by atoms with Crippen LogP contribution in [0.1, 0.15) is 79.8 Å². The minimum atomic E-state index is 0.174. The standard InChI is InChI=1S/C23H28O/c1-2-3-16-23(17-10-5-11-18-23)21-15-9-8-14-20(21)22(24)19-12-6-4-7-13-19/h4,6-9,12-15H,2-3,5,10-11,16-18H2,1H3. The zero-order valence-electron chi connectivity index (χ0n) is 14.8. The molecular weight excluding hydrogens is 292 g/mol. The summed E-state index contributed by atoms with van der Waals surface area (Å²) in [4.78, 5) is 13.1. The van der Waals surface area contributed by atoms with Crippen LogP contribution in [0.3, 0.4) is 0 Å². The van der Waals surface area contributed by atoms with E-state index in [4.69, 9.17) is 0 Å². The lowest BCUT2D eigenvalue weighted by Crippen LogP contribution is -2.31. The van der Waals surface area contributed by atoms with E-state index >= 15 is 0 Å². The summed E-state index contributed by atoms with van der Waals surface area (Å²) in [5.74, 6) is 0.174. The fourth-order valence-electron chi connectivity index (χ4n) is 4.29. The molecule has 1 aliphatic rings. The Kier molecular flexibility index (Phi) is 5.50. The molecule has 0 unspecified atom stereocenters. The largest absolute Gasteiger partial charge is 0.289 e. The van der Waals surface area contributed by atoms with Gasteiger partial charge in [-0.3, -0.25) is 4.79 Å². The summed E-state index contributed by atoms with van der Waals surface area (Å²) in [6, 6.07) is 18.1. The van der Waals surface area contributed by atoms with Gasteiger partial charge in [0, 0.05) is 11.1 Å². The fourth-order valence-corrected chi connectivity index (χ4v) is 4.29. The van der Waals surface area contributed by atoms with Crippen molar-refractivity contribution < 1.29 is 4.79 Å². The molecule has 2 aromatic rings. The first kappa shape index (κ1) is 17.0. The van der Waals surface area contributed by atoms with Gasteiger partial charge in [0.25, 0.3) is 0 Å². The molecule has 0 atom stereocenters. The van der Waals surface area contributed by atoms with Gasteiger partial charge in [-0.25, -0.2) is 0 Å². The minimum Gasteiger partial charge on any atom is -0.289 e. The van der Waals surface area contributed by atoms with Crippen molar-refractivity contribution in [2.75, 3.05) is 0 Å².